The summed E-state index contributed by atoms with van der Waals surface area (Å²) in [4.78, 5) is 90.2. The van der Waals surface area contributed by atoms with Crippen molar-refractivity contribution in [1.82, 2.24) is 35.6 Å². The van der Waals surface area contributed by atoms with E-state index in [4.69, 9.17) is 9.47 Å². The van der Waals surface area contributed by atoms with Gasteiger partial charge in [0.1, 0.15) is 17.8 Å². The molecule has 1 saturated heterocycles. The van der Waals surface area contributed by atoms with Gasteiger partial charge in [-0.2, -0.15) is 0 Å². The van der Waals surface area contributed by atoms with Gasteiger partial charge in [0.05, 0.1) is 51.9 Å². The van der Waals surface area contributed by atoms with Gasteiger partial charge in [-0.1, -0.05) is 0 Å². The van der Waals surface area contributed by atoms with Gasteiger partial charge < -0.3 is 40.4 Å². The van der Waals surface area contributed by atoms with E-state index in [1.807, 2.05) is 9.80 Å². The summed E-state index contributed by atoms with van der Waals surface area (Å²) in [6.45, 7) is 5.20. The van der Waals surface area contributed by atoms with Crippen LogP contribution in [0.4, 0.5) is 0 Å². The highest BCUT2D eigenvalue weighted by molar-refractivity contribution is 5.94. The van der Waals surface area contributed by atoms with Crippen LogP contribution >= 0.6 is 0 Å². The number of hydrogen-bond donors (Lipinski definition) is 5. The van der Waals surface area contributed by atoms with E-state index in [1.54, 1.807) is 29.0 Å². The fourth-order valence-electron chi connectivity index (χ4n) is 5.52. The van der Waals surface area contributed by atoms with Crippen LogP contribution < -0.4 is 20.7 Å². The third-order valence-electron chi connectivity index (χ3n) is 8.51. The molecule has 1 aliphatic rings. The molecule has 296 valence electrons. The van der Waals surface area contributed by atoms with E-state index >= 15 is 0 Å². The van der Waals surface area contributed by atoms with Crippen LogP contribution in [0.1, 0.15) is 36.5 Å². The summed E-state index contributed by atoms with van der Waals surface area (Å²) in [7, 11) is 1.72. The molecule has 5 N–H and O–H groups in total. The van der Waals surface area contributed by atoms with Crippen LogP contribution in [0.5, 0.6) is 5.75 Å². The SMILES string of the molecule is CN[C@@H](CCCNC(=O)c1ccc(OC(=O)CCOCCNC(=O)CN2CCN(CC=O)CCN(CC(=O)O)CCN(CC(=O)O)CC2)cc1)C(C)=O. The van der Waals surface area contributed by atoms with Gasteiger partial charge in [-0.15, -0.1) is 0 Å². The molecule has 18 heteroatoms. The number of ketones is 1. The van der Waals surface area contributed by atoms with E-state index < -0.39 is 17.9 Å². The van der Waals surface area contributed by atoms with Gasteiger partial charge in [0.15, 0.2) is 0 Å². The zero-order valence-electron chi connectivity index (χ0n) is 30.8. The van der Waals surface area contributed by atoms with Crippen molar-refractivity contribution in [2.75, 3.05) is 112 Å². The normalized spacial score (nSPS) is 16.0. The number of benzene rings is 1. The molecule has 1 aromatic carbocycles. The van der Waals surface area contributed by atoms with Crippen LogP contribution in [-0.2, 0) is 33.5 Å². The Morgan fingerprint density at radius 1 is 0.774 bits per heavy atom. The Labute approximate surface area is 310 Å². The lowest BCUT2D eigenvalue weighted by atomic mass is 10.1. The van der Waals surface area contributed by atoms with Crippen molar-refractivity contribution in [3.63, 3.8) is 0 Å². The second-order valence-electron chi connectivity index (χ2n) is 12.6. The van der Waals surface area contributed by atoms with E-state index in [9.17, 15) is 43.8 Å². The number of likely N-dealkylation sites (N-methyl/N-ethyl adjacent to an activating group) is 1. The van der Waals surface area contributed by atoms with Crippen LogP contribution in [0.25, 0.3) is 0 Å². The molecule has 18 nitrogen and oxygen atoms in total. The quantitative estimate of drug-likeness (QED) is 0.0389. The van der Waals surface area contributed by atoms with E-state index in [1.165, 1.54) is 19.1 Å². The Balaban J connectivity index is 1.73. The maximum atomic E-state index is 12.8. The second-order valence-corrected chi connectivity index (χ2v) is 12.6. The molecule has 1 heterocycles. The molecule has 1 atom stereocenters. The summed E-state index contributed by atoms with van der Waals surface area (Å²) >= 11 is 0. The van der Waals surface area contributed by atoms with Gasteiger partial charge in [0, 0.05) is 71.0 Å². The summed E-state index contributed by atoms with van der Waals surface area (Å²) in [6.07, 6.45) is 2.00. The largest absolute Gasteiger partial charge is 0.480 e. The second kappa shape index (κ2) is 25.6. The molecular formula is C35H55N7O11. The van der Waals surface area contributed by atoms with Crippen LogP contribution in [0, 0.1) is 0 Å². The predicted octanol–water partition coefficient (Wildman–Crippen LogP) is -1.61. The molecule has 1 aromatic rings. The number of esters is 1. The minimum absolute atomic E-state index is 0.0317. The van der Waals surface area contributed by atoms with Crippen molar-refractivity contribution < 1.29 is 53.2 Å². The molecule has 0 saturated carbocycles. The smallest absolute Gasteiger partial charge is 0.317 e. The minimum atomic E-state index is -1.01. The number of carbonyl (C=O) groups is 7. The number of carboxylic acids is 2. The monoisotopic (exact) mass is 749 g/mol. The molecule has 0 bridgehead atoms. The molecule has 0 spiro atoms. The third-order valence-corrected chi connectivity index (χ3v) is 8.51. The number of nitrogens with one attached hydrogen (secondary N) is 3. The van der Waals surface area contributed by atoms with E-state index in [2.05, 4.69) is 16.0 Å². The van der Waals surface area contributed by atoms with Crippen molar-refractivity contribution in [3.05, 3.63) is 29.8 Å². The van der Waals surface area contributed by atoms with Gasteiger partial charge >= 0.3 is 17.9 Å². The summed E-state index contributed by atoms with van der Waals surface area (Å²) < 4.78 is 10.8. The molecule has 2 rings (SSSR count). The first-order valence-corrected chi connectivity index (χ1v) is 17.8. The Hall–Kier alpha value is -4.33. The van der Waals surface area contributed by atoms with Crippen LogP contribution in [0.15, 0.2) is 24.3 Å². The standard InChI is InChI=1S/C35H55N7O11/c1-27(44)30(36-2)4-3-10-38-35(51)28-5-7-29(8-6-28)53-34(50)9-22-52-23-11-37-31(45)24-40-14-12-39(20-21-43)13-15-41(25-32(46)47)18-19-42(17-16-40)26-33(48)49/h5-8,21,30,36H,3-4,9-20,22-26H2,1-2H3,(H,37,45)(H,38,51)(H,46,47)(H,48,49)/t30-/m0/s1. The summed E-state index contributed by atoms with van der Waals surface area (Å²) in [5.41, 5.74) is 0.404. The molecule has 2 amide bonds. The van der Waals surface area contributed by atoms with Gasteiger partial charge in [0.2, 0.25) is 5.91 Å². The molecule has 0 unspecified atom stereocenters. The number of aliphatic carboxylic acids is 2. The van der Waals surface area contributed by atoms with Crippen molar-refractivity contribution in [3.8, 4) is 5.75 Å². The lowest BCUT2D eigenvalue weighted by Crippen LogP contribution is -2.49. The average molecular weight is 750 g/mol. The van der Waals surface area contributed by atoms with E-state index in [0.29, 0.717) is 77.3 Å². The van der Waals surface area contributed by atoms with Gasteiger partial charge in [-0.25, -0.2) is 0 Å². The number of hydrogen-bond acceptors (Lipinski definition) is 14. The topological polar surface area (TPSA) is 227 Å². The van der Waals surface area contributed by atoms with Gasteiger partial charge in [-0.3, -0.25) is 48.4 Å². The lowest BCUT2D eigenvalue weighted by Gasteiger charge is -2.32. The summed E-state index contributed by atoms with van der Waals surface area (Å²) in [5.74, 6) is -2.75. The van der Waals surface area contributed by atoms with Crippen LogP contribution in [0.3, 0.4) is 0 Å². The number of carboxylic acid groups (broad SMARTS) is 2. The molecule has 0 aliphatic carbocycles. The fraction of sp³-hybridized carbons (Fsp3) is 0.629. The first kappa shape index (κ1) is 44.8. The number of Topliss-reactive ketones (excluding diaryl/α,β-unsaturated/α-hetero) is 1. The van der Waals surface area contributed by atoms with Crippen molar-refractivity contribution in [2.45, 2.75) is 32.2 Å². The highest BCUT2D eigenvalue weighted by Crippen LogP contribution is 2.13. The zero-order chi connectivity index (χ0) is 39.0. The highest BCUT2D eigenvalue weighted by Gasteiger charge is 2.20. The molecule has 0 radical (unpaired) electrons. The Kier molecular flexibility index (Phi) is 21.7. The van der Waals surface area contributed by atoms with Gasteiger partial charge in [0.25, 0.3) is 5.91 Å². The number of amides is 2. The molecule has 53 heavy (non-hydrogen) atoms. The summed E-state index contributed by atoms with van der Waals surface area (Å²) in [6, 6.07) is 5.90. The van der Waals surface area contributed by atoms with Gasteiger partial charge in [-0.05, 0) is 51.1 Å². The van der Waals surface area contributed by atoms with E-state index in [0.717, 1.165) is 6.29 Å². The van der Waals surface area contributed by atoms with Crippen LogP contribution in [-0.4, -0.2) is 190 Å². The number of aldehydes is 1. The zero-order valence-corrected chi connectivity index (χ0v) is 30.8. The lowest BCUT2D eigenvalue weighted by molar-refractivity contribution is -0.140. The Bertz CT molecular complexity index is 1330. The van der Waals surface area contributed by atoms with Crippen molar-refractivity contribution >= 4 is 41.8 Å². The highest BCUT2D eigenvalue weighted by atomic mass is 16.5. The third kappa shape index (κ3) is 19.9. The minimum Gasteiger partial charge on any atom is -0.480 e. The maximum Gasteiger partial charge on any atom is 0.317 e. The molecule has 1 aliphatic heterocycles. The number of ether oxygens (including phenoxy) is 2. The number of rotatable bonds is 22. The summed E-state index contributed by atoms with van der Waals surface area (Å²) in [5, 5.41) is 27.2. The van der Waals surface area contributed by atoms with Crippen LogP contribution in [0.2, 0.25) is 0 Å². The molecule has 0 aromatic heterocycles. The Morgan fingerprint density at radius 3 is 1.83 bits per heavy atom. The number of nitrogens with zero attached hydrogens (tertiary/aromatic N) is 4. The molecule has 1 fully saturated rings. The van der Waals surface area contributed by atoms with Crippen molar-refractivity contribution in [2.24, 2.45) is 0 Å². The average Bonchev–Trinajstić information content (AvgIpc) is 3.10. The van der Waals surface area contributed by atoms with Crippen molar-refractivity contribution in [1.29, 1.82) is 0 Å². The maximum absolute atomic E-state index is 12.8. The Morgan fingerprint density at radius 2 is 1.32 bits per heavy atom. The predicted molar refractivity (Wildman–Crippen MR) is 193 cm³/mol. The molecular weight excluding hydrogens is 694 g/mol. The first-order valence-electron chi connectivity index (χ1n) is 17.8. The first-order chi connectivity index (χ1) is 25.4. The van der Waals surface area contributed by atoms with E-state index in [-0.39, 0.29) is 81.7 Å². The fourth-order valence-corrected chi connectivity index (χ4v) is 5.52. The number of carbonyl (C=O) groups excluding carboxylic acids is 5.